The minimum Gasteiger partial charge on any atom is -0.475 e. The molecule has 30 heavy (non-hydrogen) atoms. The number of aryl methyl sites for hydroxylation is 1. The first-order valence-electron chi connectivity index (χ1n) is 8.91. The number of nitrogens with zero attached hydrogens (tertiary/aromatic N) is 5. The van der Waals surface area contributed by atoms with Crippen molar-refractivity contribution in [3.63, 3.8) is 0 Å². The van der Waals surface area contributed by atoms with Crippen LogP contribution in [0.15, 0.2) is 31.0 Å². The SMILES string of the molecule is O=C(O)C(F)(F)F.O=C1NCCn2nc3c(c21)CCc1cnc(-n2ccnc2)cc1-3. The van der Waals surface area contributed by atoms with Crippen molar-refractivity contribution in [2.75, 3.05) is 6.54 Å². The first kappa shape index (κ1) is 19.6. The number of fused-ring (bicyclic) bond motifs is 5. The van der Waals surface area contributed by atoms with Crippen molar-refractivity contribution in [2.24, 2.45) is 0 Å². The van der Waals surface area contributed by atoms with Crippen molar-refractivity contribution in [2.45, 2.75) is 25.6 Å². The van der Waals surface area contributed by atoms with Crippen LogP contribution in [0.4, 0.5) is 13.2 Å². The predicted molar refractivity (Wildman–Crippen MR) is 96.0 cm³/mol. The number of hydrogen-bond donors (Lipinski definition) is 2. The largest absolute Gasteiger partial charge is 0.490 e. The van der Waals surface area contributed by atoms with E-state index in [4.69, 9.17) is 15.0 Å². The highest BCUT2D eigenvalue weighted by molar-refractivity contribution is 5.97. The number of aliphatic carboxylic acids is 1. The average Bonchev–Trinajstić information content (AvgIpc) is 3.36. The zero-order valence-electron chi connectivity index (χ0n) is 15.3. The summed E-state index contributed by atoms with van der Waals surface area (Å²) in [4.78, 5) is 29.7. The molecular formula is C18H15F3N6O3. The third kappa shape index (κ3) is 3.51. The molecule has 0 unspecified atom stereocenters. The molecule has 0 saturated carbocycles. The molecule has 0 aromatic carbocycles. The molecule has 156 valence electrons. The number of aromatic nitrogens is 5. The van der Waals surface area contributed by atoms with Gasteiger partial charge in [-0.25, -0.2) is 14.8 Å². The molecule has 0 atom stereocenters. The monoisotopic (exact) mass is 420 g/mol. The van der Waals surface area contributed by atoms with E-state index in [0.29, 0.717) is 6.54 Å². The summed E-state index contributed by atoms with van der Waals surface area (Å²) in [5.74, 6) is -1.96. The van der Waals surface area contributed by atoms with Gasteiger partial charge in [0, 0.05) is 36.3 Å². The molecule has 0 radical (unpaired) electrons. The number of nitrogens with one attached hydrogen (secondary N) is 1. The second-order valence-electron chi connectivity index (χ2n) is 6.63. The van der Waals surface area contributed by atoms with Gasteiger partial charge >= 0.3 is 12.1 Å². The van der Waals surface area contributed by atoms with Crippen LogP contribution < -0.4 is 5.32 Å². The van der Waals surface area contributed by atoms with Crippen LogP contribution in [0.25, 0.3) is 17.1 Å². The van der Waals surface area contributed by atoms with Crippen molar-refractivity contribution < 1.29 is 27.9 Å². The number of carbonyl (C=O) groups is 2. The van der Waals surface area contributed by atoms with E-state index in [-0.39, 0.29) is 5.91 Å². The average molecular weight is 420 g/mol. The van der Waals surface area contributed by atoms with Crippen LogP contribution in [-0.4, -0.2) is 54.0 Å². The Morgan fingerprint density at radius 3 is 2.70 bits per heavy atom. The van der Waals surface area contributed by atoms with Crippen LogP contribution in [0, 0.1) is 0 Å². The van der Waals surface area contributed by atoms with Crippen molar-refractivity contribution in [1.29, 1.82) is 0 Å². The highest BCUT2D eigenvalue weighted by Gasteiger charge is 2.38. The lowest BCUT2D eigenvalue weighted by atomic mass is 9.90. The molecule has 12 heteroatoms. The van der Waals surface area contributed by atoms with E-state index in [0.717, 1.165) is 47.7 Å². The van der Waals surface area contributed by atoms with Gasteiger partial charge in [-0.2, -0.15) is 18.3 Å². The standard InChI is InChI=1S/C16H14N6O.C2HF3O2/c23-16-15-11-2-1-10-8-19-13(21-5-3-17-9-21)7-12(10)14(11)20-22(15)6-4-18-16;3-2(4,5)1(6)7/h3,5,7-9H,1-2,4,6H2,(H,18,23);(H,6,7). The van der Waals surface area contributed by atoms with E-state index in [1.54, 1.807) is 12.5 Å². The molecule has 1 aliphatic carbocycles. The molecule has 4 heterocycles. The third-order valence-corrected chi connectivity index (χ3v) is 4.76. The van der Waals surface area contributed by atoms with E-state index in [1.807, 2.05) is 27.7 Å². The smallest absolute Gasteiger partial charge is 0.475 e. The number of halogens is 3. The molecule has 3 aromatic rings. The van der Waals surface area contributed by atoms with Crippen LogP contribution in [0.3, 0.4) is 0 Å². The third-order valence-electron chi connectivity index (χ3n) is 4.76. The van der Waals surface area contributed by atoms with E-state index < -0.39 is 12.1 Å². The Bertz CT molecular complexity index is 1120. The number of hydrogen-bond acceptors (Lipinski definition) is 5. The van der Waals surface area contributed by atoms with Gasteiger partial charge in [0.2, 0.25) is 0 Å². The second kappa shape index (κ2) is 7.28. The van der Waals surface area contributed by atoms with Gasteiger partial charge < -0.3 is 10.4 Å². The summed E-state index contributed by atoms with van der Waals surface area (Å²) in [6, 6.07) is 2.03. The lowest BCUT2D eigenvalue weighted by Crippen LogP contribution is -2.36. The molecule has 3 aromatic heterocycles. The molecule has 0 spiro atoms. The first-order valence-corrected chi connectivity index (χ1v) is 8.91. The molecule has 5 rings (SSSR count). The van der Waals surface area contributed by atoms with Gasteiger partial charge in [-0.05, 0) is 24.5 Å². The molecule has 0 saturated heterocycles. The molecule has 2 N–H and O–H groups in total. The summed E-state index contributed by atoms with van der Waals surface area (Å²) < 4.78 is 35.5. The van der Waals surface area contributed by atoms with E-state index in [1.165, 1.54) is 5.56 Å². The van der Waals surface area contributed by atoms with Gasteiger partial charge in [0.05, 0.1) is 12.2 Å². The molecule has 0 fully saturated rings. The molecule has 1 aliphatic heterocycles. The van der Waals surface area contributed by atoms with Gasteiger partial charge in [-0.1, -0.05) is 0 Å². The quantitative estimate of drug-likeness (QED) is 0.618. The highest BCUT2D eigenvalue weighted by Crippen LogP contribution is 2.35. The summed E-state index contributed by atoms with van der Waals surface area (Å²) in [5, 5.41) is 14.7. The Hall–Kier alpha value is -3.70. The number of rotatable bonds is 1. The number of alkyl halides is 3. The number of imidazole rings is 1. The summed E-state index contributed by atoms with van der Waals surface area (Å²) >= 11 is 0. The molecule has 2 aliphatic rings. The number of carboxylic acids is 1. The number of pyridine rings is 1. The lowest BCUT2D eigenvalue weighted by molar-refractivity contribution is -0.192. The van der Waals surface area contributed by atoms with Gasteiger partial charge in [0.25, 0.3) is 5.91 Å². The number of carbonyl (C=O) groups excluding carboxylic acids is 1. The van der Waals surface area contributed by atoms with E-state index >= 15 is 0 Å². The normalized spacial score (nSPS) is 14.6. The Morgan fingerprint density at radius 2 is 2.03 bits per heavy atom. The van der Waals surface area contributed by atoms with Crippen molar-refractivity contribution in [1.82, 2.24) is 29.6 Å². The predicted octanol–water partition coefficient (Wildman–Crippen LogP) is 1.61. The van der Waals surface area contributed by atoms with E-state index in [2.05, 4.69) is 15.3 Å². The number of carboxylic acid groups (broad SMARTS) is 1. The maximum Gasteiger partial charge on any atom is 0.490 e. The van der Waals surface area contributed by atoms with Gasteiger partial charge in [-0.15, -0.1) is 0 Å². The first-order chi connectivity index (χ1) is 14.3. The highest BCUT2D eigenvalue weighted by atomic mass is 19.4. The van der Waals surface area contributed by atoms with Crippen LogP contribution in [0.5, 0.6) is 0 Å². The zero-order chi connectivity index (χ0) is 21.5. The fourth-order valence-electron chi connectivity index (χ4n) is 3.42. The molecule has 9 nitrogen and oxygen atoms in total. The molecular weight excluding hydrogens is 405 g/mol. The maximum atomic E-state index is 12.2. The Labute approximate surface area is 167 Å². The van der Waals surface area contributed by atoms with Crippen LogP contribution in [0.2, 0.25) is 0 Å². The van der Waals surface area contributed by atoms with Crippen molar-refractivity contribution >= 4 is 11.9 Å². The van der Waals surface area contributed by atoms with Gasteiger partial charge in [0.15, 0.2) is 0 Å². The Morgan fingerprint density at radius 1 is 1.27 bits per heavy atom. The van der Waals surface area contributed by atoms with Crippen molar-refractivity contribution in [3.05, 3.63) is 47.8 Å². The lowest BCUT2D eigenvalue weighted by Gasteiger charge is -2.18. The summed E-state index contributed by atoms with van der Waals surface area (Å²) in [5.41, 5.74) is 4.94. The van der Waals surface area contributed by atoms with Gasteiger partial charge in [0.1, 0.15) is 17.8 Å². The van der Waals surface area contributed by atoms with Crippen LogP contribution in [0.1, 0.15) is 21.6 Å². The molecule has 0 bridgehead atoms. The minimum atomic E-state index is -5.08. The maximum absolute atomic E-state index is 12.2. The summed E-state index contributed by atoms with van der Waals surface area (Å²) in [6.07, 6.45) is 3.86. The minimum absolute atomic E-state index is 0.0164. The van der Waals surface area contributed by atoms with Crippen LogP contribution >= 0.6 is 0 Å². The fraction of sp³-hybridized carbons (Fsp3) is 0.278. The topological polar surface area (TPSA) is 115 Å². The Balaban J connectivity index is 0.000000272. The van der Waals surface area contributed by atoms with E-state index in [9.17, 15) is 18.0 Å². The zero-order valence-corrected chi connectivity index (χ0v) is 15.3. The molecule has 1 amide bonds. The van der Waals surface area contributed by atoms with Gasteiger partial charge in [-0.3, -0.25) is 14.0 Å². The number of amides is 1. The van der Waals surface area contributed by atoms with Crippen LogP contribution in [-0.2, 0) is 24.2 Å². The van der Waals surface area contributed by atoms with Crippen molar-refractivity contribution in [3.8, 4) is 17.1 Å². The Kier molecular flexibility index (Phi) is 4.76. The second-order valence-corrected chi connectivity index (χ2v) is 6.63. The summed E-state index contributed by atoms with van der Waals surface area (Å²) in [7, 11) is 0. The fourth-order valence-corrected chi connectivity index (χ4v) is 3.42. The summed E-state index contributed by atoms with van der Waals surface area (Å²) in [6.45, 7) is 1.36.